The number of fused-ring (bicyclic) bond motifs is 1. The number of hydrogen-bond acceptors (Lipinski definition) is 5. The third kappa shape index (κ3) is 3.83. The number of sulfone groups is 1. The molecule has 4 nitrogen and oxygen atoms in total. The van der Waals surface area contributed by atoms with Gasteiger partial charge in [-0.2, -0.15) is 0 Å². The molecule has 0 bridgehead atoms. The van der Waals surface area contributed by atoms with E-state index < -0.39 is 33.6 Å². The Bertz CT molecular complexity index is 1010. The fourth-order valence-corrected chi connectivity index (χ4v) is 6.36. The van der Waals surface area contributed by atoms with Crippen LogP contribution in [0.3, 0.4) is 0 Å². The van der Waals surface area contributed by atoms with E-state index in [-0.39, 0.29) is 17.2 Å². The van der Waals surface area contributed by atoms with Crippen molar-refractivity contribution in [3.8, 4) is 0 Å². The highest BCUT2D eigenvalue weighted by atomic mass is 35.5. The summed E-state index contributed by atoms with van der Waals surface area (Å²) in [4.78, 5) is 6.14. The van der Waals surface area contributed by atoms with Crippen molar-refractivity contribution in [1.29, 1.82) is 0 Å². The van der Waals surface area contributed by atoms with E-state index >= 15 is 0 Å². The van der Waals surface area contributed by atoms with E-state index in [0.717, 1.165) is 17.7 Å². The highest BCUT2D eigenvalue weighted by molar-refractivity contribution is 8.13. The number of hydrogen-bond donors (Lipinski definition) is 0. The normalized spacial score (nSPS) is 23.4. The van der Waals surface area contributed by atoms with Gasteiger partial charge in [-0.05, 0) is 29.8 Å². The van der Waals surface area contributed by atoms with Crippen LogP contribution in [0, 0.1) is 11.6 Å². The van der Waals surface area contributed by atoms with Gasteiger partial charge in [-0.1, -0.05) is 35.5 Å². The first-order valence-electron chi connectivity index (χ1n) is 8.22. The molecule has 142 valence electrons. The maximum absolute atomic E-state index is 14.4. The minimum atomic E-state index is -3.23. The summed E-state index contributed by atoms with van der Waals surface area (Å²) in [6.45, 7) is 0. The lowest BCUT2D eigenvalue weighted by Crippen LogP contribution is -2.39. The number of halogens is 3. The monoisotopic (exact) mass is 428 g/mol. The maximum atomic E-state index is 14.4. The second kappa shape index (κ2) is 7.07. The lowest BCUT2D eigenvalue weighted by molar-refractivity contribution is 0.577. The number of benzene rings is 2. The van der Waals surface area contributed by atoms with Gasteiger partial charge < -0.3 is 4.90 Å². The van der Waals surface area contributed by atoms with Gasteiger partial charge >= 0.3 is 0 Å². The SMILES string of the molecule is O=S1(=O)C[C@@H]2N=C(SCc3ccc(Cl)cc3)N(c3ccc(F)cc3F)[C@H]2C1. The number of aliphatic imine (C=N–C) groups is 1. The van der Waals surface area contributed by atoms with Gasteiger partial charge in [0.15, 0.2) is 15.0 Å². The van der Waals surface area contributed by atoms with Crippen LogP contribution in [0.2, 0.25) is 5.02 Å². The predicted molar refractivity (Wildman–Crippen MR) is 105 cm³/mol. The molecule has 2 aliphatic heterocycles. The average Bonchev–Trinajstić information content (AvgIpc) is 3.06. The van der Waals surface area contributed by atoms with E-state index in [1.54, 1.807) is 17.0 Å². The summed E-state index contributed by atoms with van der Waals surface area (Å²) in [6, 6.07) is 9.73. The van der Waals surface area contributed by atoms with E-state index in [1.807, 2.05) is 12.1 Å². The molecule has 0 amide bonds. The molecule has 1 saturated heterocycles. The third-order valence-electron chi connectivity index (χ3n) is 4.56. The van der Waals surface area contributed by atoms with Crippen LogP contribution in [0.4, 0.5) is 14.5 Å². The lowest BCUT2D eigenvalue weighted by Gasteiger charge is -2.26. The summed E-state index contributed by atoms with van der Waals surface area (Å²) in [5.74, 6) is -0.995. The van der Waals surface area contributed by atoms with Crippen LogP contribution in [0.15, 0.2) is 47.5 Å². The van der Waals surface area contributed by atoms with Crippen molar-refractivity contribution in [2.75, 3.05) is 16.4 Å². The number of thioether (sulfide) groups is 1. The van der Waals surface area contributed by atoms with Gasteiger partial charge in [-0.15, -0.1) is 0 Å². The Morgan fingerprint density at radius 2 is 1.89 bits per heavy atom. The number of nitrogens with zero attached hydrogens (tertiary/aromatic N) is 2. The summed E-state index contributed by atoms with van der Waals surface area (Å²) in [5.41, 5.74) is 1.15. The van der Waals surface area contributed by atoms with Crippen molar-refractivity contribution in [3.05, 3.63) is 64.7 Å². The van der Waals surface area contributed by atoms with Crippen LogP contribution in [0.1, 0.15) is 5.56 Å². The van der Waals surface area contributed by atoms with Gasteiger partial charge in [-0.3, -0.25) is 4.99 Å². The van der Waals surface area contributed by atoms with E-state index in [0.29, 0.717) is 15.9 Å². The third-order valence-corrected chi connectivity index (χ3v) is 7.55. The first kappa shape index (κ1) is 18.7. The highest BCUT2D eigenvalue weighted by Crippen LogP contribution is 2.37. The molecule has 0 saturated carbocycles. The number of amidine groups is 1. The van der Waals surface area contributed by atoms with Crippen molar-refractivity contribution < 1.29 is 17.2 Å². The molecule has 0 aliphatic carbocycles. The Morgan fingerprint density at radius 3 is 2.59 bits per heavy atom. The summed E-state index contributed by atoms with van der Waals surface area (Å²) in [5, 5.41) is 1.18. The van der Waals surface area contributed by atoms with E-state index in [9.17, 15) is 17.2 Å². The van der Waals surface area contributed by atoms with Gasteiger partial charge in [0.1, 0.15) is 11.6 Å². The van der Waals surface area contributed by atoms with Crippen LogP contribution in [-0.4, -0.2) is 37.2 Å². The van der Waals surface area contributed by atoms with Crippen LogP contribution in [-0.2, 0) is 15.6 Å². The van der Waals surface area contributed by atoms with Crippen molar-refractivity contribution in [2.45, 2.75) is 17.8 Å². The smallest absolute Gasteiger partial charge is 0.164 e. The Hall–Kier alpha value is -1.64. The first-order chi connectivity index (χ1) is 12.8. The summed E-state index contributed by atoms with van der Waals surface area (Å²) in [6.07, 6.45) is 0. The molecule has 0 radical (unpaired) electrons. The molecule has 9 heteroatoms. The van der Waals surface area contributed by atoms with Crippen LogP contribution < -0.4 is 4.90 Å². The Kier molecular flexibility index (Phi) is 4.90. The molecule has 0 unspecified atom stereocenters. The van der Waals surface area contributed by atoms with Crippen molar-refractivity contribution >= 4 is 44.1 Å². The van der Waals surface area contributed by atoms with Crippen molar-refractivity contribution in [2.24, 2.45) is 4.99 Å². The Morgan fingerprint density at radius 1 is 1.15 bits per heavy atom. The predicted octanol–water partition coefficient (Wildman–Crippen LogP) is 3.89. The Labute approximate surface area is 165 Å². The average molecular weight is 429 g/mol. The summed E-state index contributed by atoms with van der Waals surface area (Å²) < 4.78 is 51.8. The van der Waals surface area contributed by atoms with Crippen LogP contribution in [0.25, 0.3) is 0 Å². The Balaban J connectivity index is 1.64. The molecular formula is C18H15ClF2N2O2S2. The number of rotatable bonds is 3. The van der Waals surface area contributed by atoms with Gasteiger partial charge in [0, 0.05) is 16.8 Å². The number of anilines is 1. The second-order valence-electron chi connectivity index (χ2n) is 6.50. The molecule has 2 aromatic carbocycles. The topological polar surface area (TPSA) is 49.7 Å². The summed E-state index contributed by atoms with van der Waals surface area (Å²) >= 11 is 7.29. The second-order valence-corrected chi connectivity index (χ2v) is 10.0. The molecule has 1 fully saturated rings. The van der Waals surface area contributed by atoms with E-state index in [1.165, 1.54) is 17.8 Å². The largest absolute Gasteiger partial charge is 0.312 e. The molecule has 2 heterocycles. The summed E-state index contributed by atoms with van der Waals surface area (Å²) in [7, 11) is -3.23. The quantitative estimate of drug-likeness (QED) is 0.744. The van der Waals surface area contributed by atoms with E-state index in [2.05, 4.69) is 4.99 Å². The minimum Gasteiger partial charge on any atom is -0.312 e. The molecule has 0 N–H and O–H groups in total. The van der Waals surface area contributed by atoms with E-state index in [4.69, 9.17) is 11.6 Å². The highest BCUT2D eigenvalue weighted by Gasteiger charge is 2.47. The van der Waals surface area contributed by atoms with Gasteiger partial charge in [0.05, 0.1) is 29.3 Å². The zero-order valence-corrected chi connectivity index (χ0v) is 16.4. The molecule has 2 atom stereocenters. The molecule has 27 heavy (non-hydrogen) atoms. The lowest BCUT2D eigenvalue weighted by atomic mass is 10.1. The molecule has 2 aromatic rings. The molecule has 0 aromatic heterocycles. The van der Waals surface area contributed by atoms with Crippen LogP contribution in [0.5, 0.6) is 0 Å². The van der Waals surface area contributed by atoms with Crippen molar-refractivity contribution in [3.63, 3.8) is 0 Å². The van der Waals surface area contributed by atoms with Crippen molar-refractivity contribution in [1.82, 2.24) is 0 Å². The zero-order chi connectivity index (χ0) is 19.2. The van der Waals surface area contributed by atoms with Gasteiger partial charge in [0.2, 0.25) is 0 Å². The zero-order valence-electron chi connectivity index (χ0n) is 14.0. The van der Waals surface area contributed by atoms with Gasteiger partial charge in [0.25, 0.3) is 0 Å². The fraction of sp³-hybridized carbons (Fsp3) is 0.278. The van der Waals surface area contributed by atoms with Gasteiger partial charge in [-0.25, -0.2) is 17.2 Å². The maximum Gasteiger partial charge on any atom is 0.164 e. The molecule has 4 rings (SSSR count). The molecule has 0 spiro atoms. The minimum absolute atomic E-state index is 0.0536. The fourth-order valence-electron chi connectivity index (χ4n) is 3.32. The molecule has 2 aliphatic rings. The molecular weight excluding hydrogens is 414 g/mol. The standard InChI is InChI=1S/C18H15ClF2N2O2S2/c19-12-3-1-11(2-4-12)8-26-18-22-15-9-27(24,25)10-17(15)23(18)16-6-5-13(20)7-14(16)21/h1-7,15,17H,8-10H2/t15-,17-/m0/s1. The first-order valence-corrected chi connectivity index (χ1v) is 11.4. The van der Waals surface area contributed by atoms with Crippen LogP contribution >= 0.6 is 23.4 Å².